The van der Waals surface area contributed by atoms with Gasteiger partial charge in [0.25, 0.3) is 0 Å². The third-order valence-corrected chi connectivity index (χ3v) is 6.01. The lowest BCUT2D eigenvalue weighted by molar-refractivity contribution is 0.0968. The Hall–Kier alpha value is -3.77. The van der Waals surface area contributed by atoms with Crippen LogP contribution in [0.1, 0.15) is 11.1 Å². The molecule has 6 nitrogen and oxygen atoms in total. The minimum Gasteiger partial charge on any atom is -0.497 e. The number of nitrogens with zero attached hydrogens (tertiary/aromatic N) is 1. The van der Waals surface area contributed by atoms with Gasteiger partial charge in [-0.15, -0.1) is 0 Å². The van der Waals surface area contributed by atoms with Crippen molar-refractivity contribution in [2.45, 2.75) is 13.0 Å². The monoisotopic (exact) mass is 443 g/mol. The first-order chi connectivity index (χ1) is 16.1. The first-order valence-corrected chi connectivity index (χ1v) is 10.9. The summed E-state index contributed by atoms with van der Waals surface area (Å²) < 4.78 is 22.3. The molecule has 5 rings (SSSR count). The van der Waals surface area contributed by atoms with E-state index in [9.17, 15) is 4.79 Å². The quantitative estimate of drug-likeness (QED) is 0.396. The van der Waals surface area contributed by atoms with E-state index in [1.165, 1.54) is 5.56 Å². The Kier molecular flexibility index (Phi) is 5.75. The van der Waals surface area contributed by atoms with Gasteiger partial charge in [-0.3, -0.25) is 4.90 Å². The Balaban J connectivity index is 1.45. The van der Waals surface area contributed by atoms with Crippen molar-refractivity contribution >= 4 is 11.0 Å². The van der Waals surface area contributed by atoms with E-state index in [4.69, 9.17) is 18.6 Å². The van der Waals surface area contributed by atoms with E-state index in [1.54, 1.807) is 20.3 Å². The molecule has 0 atom stereocenters. The summed E-state index contributed by atoms with van der Waals surface area (Å²) in [6.45, 7) is 1.95. The molecule has 33 heavy (non-hydrogen) atoms. The summed E-state index contributed by atoms with van der Waals surface area (Å²) in [6, 6.07) is 21.2. The van der Waals surface area contributed by atoms with Crippen molar-refractivity contribution in [2.24, 2.45) is 0 Å². The molecule has 1 aliphatic rings. The molecule has 1 aromatic heterocycles. The maximum atomic E-state index is 12.5. The van der Waals surface area contributed by atoms with Crippen molar-refractivity contribution < 1.29 is 18.6 Å². The average molecular weight is 443 g/mol. The molecular formula is C27H25NO5. The zero-order valence-electron chi connectivity index (χ0n) is 18.7. The minimum atomic E-state index is -0.379. The Labute approximate surface area is 191 Å². The van der Waals surface area contributed by atoms with Gasteiger partial charge < -0.3 is 18.6 Å². The summed E-state index contributed by atoms with van der Waals surface area (Å²) in [7, 11) is 3.31. The van der Waals surface area contributed by atoms with Gasteiger partial charge >= 0.3 is 5.63 Å². The van der Waals surface area contributed by atoms with Gasteiger partial charge in [0.1, 0.15) is 29.6 Å². The second-order valence-electron chi connectivity index (χ2n) is 8.05. The van der Waals surface area contributed by atoms with Crippen LogP contribution in [0.4, 0.5) is 0 Å². The lowest BCUT2D eigenvalue weighted by atomic mass is 9.99. The van der Waals surface area contributed by atoms with Crippen LogP contribution in [0.25, 0.3) is 22.1 Å². The molecular weight excluding hydrogens is 418 g/mol. The summed E-state index contributed by atoms with van der Waals surface area (Å²) >= 11 is 0. The molecule has 2 heterocycles. The molecule has 0 saturated carbocycles. The summed E-state index contributed by atoms with van der Waals surface area (Å²) in [5.41, 5.74) is 4.07. The van der Waals surface area contributed by atoms with E-state index in [2.05, 4.69) is 11.0 Å². The number of hydrogen-bond acceptors (Lipinski definition) is 6. The Morgan fingerprint density at radius 2 is 1.76 bits per heavy atom. The number of rotatable bonds is 6. The molecule has 168 valence electrons. The highest BCUT2D eigenvalue weighted by atomic mass is 16.5. The second-order valence-corrected chi connectivity index (χ2v) is 8.05. The average Bonchev–Trinajstić information content (AvgIpc) is 2.87. The number of fused-ring (bicyclic) bond motifs is 3. The maximum Gasteiger partial charge on any atom is 0.336 e. The summed E-state index contributed by atoms with van der Waals surface area (Å²) in [5.74, 6) is 2.38. The summed E-state index contributed by atoms with van der Waals surface area (Å²) in [6.07, 6.45) is 0.863. The minimum absolute atomic E-state index is 0.379. The van der Waals surface area contributed by atoms with Gasteiger partial charge in [0, 0.05) is 24.5 Å². The van der Waals surface area contributed by atoms with Crippen LogP contribution >= 0.6 is 0 Å². The Morgan fingerprint density at radius 3 is 2.55 bits per heavy atom. The van der Waals surface area contributed by atoms with Crippen LogP contribution in [0, 0.1) is 0 Å². The van der Waals surface area contributed by atoms with E-state index >= 15 is 0 Å². The zero-order valence-corrected chi connectivity index (χ0v) is 18.7. The number of methoxy groups -OCH3 is 2. The van der Waals surface area contributed by atoms with Crippen molar-refractivity contribution in [3.05, 3.63) is 88.3 Å². The van der Waals surface area contributed by atoms with Crippen LogP contribution in [0.3, 0.4) is 0 Å². The molecule has 0 fully saturated rings. The van der Waals surface area contributed by atoms with Gasteiger partial charge in [-0.2, -0.15) is 0 Å². The van der Waals surface area contributed by atoms with E-state index in [-0.39, 0.29) is 5.63 Å². The number of hydrogen-bond donors (Lipinski definition) is 0. The van der Waals surface area contributed by atoms with Crippen molar-refractivity contribution in [1.29, 1.82) is 0 Å². The van der Waals surface area contributed by atoms with Crippen LogP contribution in [0.2, 0.25) is 0 Å². The Morgan fingerprint density at radius 1 is 0.939 bits per heavy atom. The molecule has 0 radical (unpaired) electrons. The van der Waals surface area contributed by atoms with Crippen LogP contribution < -0.4 is 19.8 Å². The molecule has 0 aliphatic carbocycles. The van der Waals surface area contributed by atoms with Crippen molar-refractivity contribution in [2.75, 3.05) is 27.5 Å². The molecule has 4 aromatic rings. The topological polar surface area (TPSA) is 61.1 Å². The fourth-order valence-electron chi connectivity index (χ4n) is 4.25. The summed E-state index contributed by atoms with van der Waals surface area (Å²) in [5, 5.41) is 0.886. The highest BCUT2D eigenvalue weighted by Crippen LogP contribution is 2.36. The SMILES string of the molecule is COc1ccc(-c2cc(=O)oc3c4c(ccc23)OCN(CCc2cccc(OC)c2)C4)cc1. The molecule has 0 N–H and O–H groups in total. The molecule has 0 spiro atoms. The number of ether oxygens (including phenoxy) is 3. The molecule has 0 saturated heterocycles. The van der Waals surface area contributed by atoms with E-state index in [1.807, 2.05) is 54.6 Å². The van der Waals surface area contributed by atoms with E-state index in [0.717, 1.165) is 52.3 Å². The van der Waals surface area contributed by atoms with Crippen molar-refractivity contribution in [3.8, 4) is 28.4 Å². The maximum absolute atomic E-state index is 12.5. The van der Waals surface area contributed by atoms with Gasteiger partial charge in [0.2, 0.25) is 0 Å². The lowest BCUT2D eigenvalue weighted by Gasteiger charge is -2.29. The van der Waals surface area contributed by atoms with Crippen molar-refractivity contribution in [1.82, 2.24) is 4.90 Å². The smallest absolute Gasteiger partial charge is 0.336 e. The predicted molar refractivity (Wildman–Crippen MR) is 127 cm³/mol. The first kappa shape index (κ1) is 21.1. The normalized spacial score (nSPS) is 13.4. The largest absolute Gasteiger partial charge is 0.497 e. The van der Waals surface area contributed by atoms with Crippen molar-refractivity contribution in [3.63, 3.8) is 0 Å². The van der Waals surface area contributed by atoms with Crippen LogP contribution in [-0.4, -0.2) is 32.4 Å². The fraction of sp³-hybridized carbons (Fsp3) is 0.222. The molecule has 0 unspecified atom stereocenters. The fourth-order valence-corrected chi connectivity index (χ4v) is 4.25. The molecule has 1 aliphatic heterocycles. The van der Waals surface area contributed by atoms with Crippen LogP contribution in [0.5, 0.6) is 17.2 Å². The highest BCUT2D eigenvalue weighted by Gasteiger charge is 2.22. The molecule has 6 heteroatoms. The standard InChI is InChI=1S/C27H25NO5/c1-30-20-8-6-19(7-9-20)23-15-26(29)33-27-22(23)10-11-25-24(27)16-28(17-32-25)13-12-18-4-3-5-21(14-18)31-2/h3-11,14-15H,12-13,16-17H2,1-2H3. The number of benzene rings is 3. The molecule has 0 bridgehead atoms. The predicted octanol–water partition coefficient (Wildman–Crippen LogP) is 4.87. The van der Waals surface area contributed by atoms with Crippen LogP contribution in [-0.2, 0) is 13.0 Å². The van der Waals surface area contributed by atoms with E-state index in [0.29, 0.717) is 18.9 Å². The Bertz CT molecular complexity index is 1340. The summed E-state index contributed by atoms with van der Waals surface area (Å²) in [4.78, 5) is 14.7. The molecule has 3 aromatic carbocycles. The second kappa shape index (κ2) is 9.00. The first-order valence-electron chi connectivity index (χ1n) is 10.9. The van der Waals surface area contributed by atoms with E-state index < -0.39 is 0 Å². The van der Waals surface area contributed by atoms with Gasteiger partial charge in [-0.25, -0.2) is 4.79 Å². The molecule has 0 amide bonds. The van der Waals surface area contributed by atoms with Gasteiger partial charge in [0.15, 0.2) is 0 Å². The van der Waals surface area contributed by atoms with Gasteiger partial charge in [0.05, 0.1) is 19.8 Å². The van der Waals surface area contributed by atoms with Gasteiger partial charge in [-0.05, 0) is 59.5 Å². The third kappa shape index (κ3) is 4.30. The lowest BCUT2D eigenvalue weighted by Crippen LogP contribution is -2.33. The van der Waals surface area contributed by atoms with Crippen LogP contribution in [0.15, 0.2) is 75.9 Å². The third-order valence-electron chi connectivity index (χ3n) is 6.01. The zero-order chi connectivity index (χ0) is 22.8. The highest BCUT2D eigenvalue weighted by molar-refractivity contribution is 5.95. The van der Waals surface area contributed by atoms with Gasteiger partial charge in [-0.1, -0.05) is 24.3 Å².